The van der Waals surface area contributed by atoms with Crippen LogP contribution in [0.2, 0.25) is 5.02 Å². The van der Waals surface area contributed by atoms with E-state index in [0.717, 1.165) is 36.8 Å². The molecule has 1 aromatic heterocycles. The van der Waals surface area contributed by atoms with Crippen LogP contribution in [0, 0.1) is 10.7 Å². The first kappa shape index (κ1) is 21.7. The number of rotatable bonds is 6. The van der Waals surface area contributed by atoms with Gasteiger partial charge in [0.1, 0.15) is 6.54 Å². The second-order valence-corrected chi connectivity index (χ2v) is 8.97. The third-order valence-electron chi connectivity index (χ3n) is 5.68. The van der Waals surface area contributed by atoms with Crippen molar-refractivity contribution in [2.45, 2.75) is 32.9 Å². The number of hydrogen-bond acceptors (Lipinski definition) is 4. The number of anilines is 1. The van der Waals surface area contributed by atoms with Gasteiger partial charge in [-0.2, -0.15) is 5.10 Å². The summed E-state index contributed by atoms with van der Waals surface area (Å²) >= 11 is 11.3. The summed E-state index contributed by atoms with van der Waals surface area (Å²) < 4.78 is 2.07. The van der Waals surface area contributed by atoms with Crippen LogP contribution in [0.25, 0.3) is 11.4 Å². The minimum Gasteiger partial charge on any atom is -0.325 e. The Kier molecular flexibility index (Phi) is 6.85. The zero-order valence-corrected chi connectivity index (χ0v) is 19.0. The van der Waals surface area contributed by atoms with Gasteiger partial charge in [-0.05, 0) is 86.0 Å². The van der Waals surface area contributed by atoms with Gasteiger partial charge in [-0.1, -0.05) is 30.7 Å². The van der Waals surface area contributed by atoms with Crippen molar-refractivity contribution >= 4 is 35.4 Å². The number of nitrogens with zero attached hydrogens (tertiary/aromatic N) is 3. The molecule has 162 valence electrons. The maximum absolute atomic E-state index is 12.7. The fourth-order valence-corrected chi connectivity index (χ4v) is 4.12. The molecule has 2 heterocycles. The Morgan fingerprint density at radius 2 is 1.84 bits per heavy atom. The van der Waals surface area contributed by atoms with E-state index >= 15 is 0 Å². The number of hydrogen-bond donors (Lipinski definition) is 2. The van der Waals surface area contributed by atoms with E-state index in [1.165, 1.54) is 18.4 Å². The van der Waals surface area contributed by atoms with Crippen LogP contribution in [0.15, 0.2) is 48.5 Å². The molecule has 8 heteroatoms. The van der Waals surface area contributed by atoms with Crippen LogP contribution in [0.1, 0.15) is 25.3 Å². The lowest BCUT2D eigenvalue weighted by Gasteiger charge is -2.30. The van der Waals surface area contributed by atoms with Gasteiger partial charge in [0.15, 0.2) is 10.6 Å². The lowest BCUT2D eigenvalue weighted by Crippen LogP contribution is -2.32. The maximum atomic E-state index is 12.7. The highest BCUT2D eigenvalue weighted by atomic mass is 35.5. The van der Waals surface area contributed by atoms with E-state index in [-0.39, 0.29) is 12.5 Å². The Balaban J connectivity index is 1.38. The van der Waals surface area contributed by atoms with E-state index < -0.39 is 0 Å². The smallest absolute Gasteiger partial charge is 0.244 e. The molecule has 1 saturated heterocycles. The van der Waals surface area contributed by atoms with Crippen LogP contribution >= 0.6 is 23.8 Å². The second-order valence-electron chi connectivity index (χ2n) is 8.15. The summed E-state index contributed by atoms with van der Waals surface area (Å²) in [6, 6.07) is 15.3. The van der Waals surface area contributed by atoms with Gasteiger partial charge in [-0.3, -0.25) is 19.4 Å². The molecule has 0 atom stereocenters. The Hall–Kier alpha value is -2.48. The Morgan fingerprint density at radius 1 is 1.16 bits per heavy atom. The minimum atomic E-state index is -0.162. The lowest BCUT2D eigenvalue weighted by atomic mass is 9.99. The number of piperidine rings is 1. The monoisotopic (exact) mass is 455 g/mol. The maximum Gasteiger partial charge on any atom is 0.244 e. The molecule has 0 spiro atoms. The molecule has 1 aliphatic rings. The van der Waals surface area contributed by atoms with Crippen molar-refractivity contribution in [3.8, 4) is 11.4 Å². The number of nitrogens with one attached hydrogen (secondary N) is 2. The number of aromatic amines is 1. The van der Waals surface area contributed by atoms with Gasteiger partial charge in [0.2, 0.25) is 5.91 Å². The minimum absolute atomic E-state index is 0.0704. The third kappa shape index (κ3) is 5.61. The van der Waals surface area contributed by atoms with E-state index in [2.05, 4.69) is 39.5 Å². The van der Waals surface area contributed by atoms with Gasteiger partial charge < -0.3 is 5.32 Å². The number of halogens is 1. The number of H-pyrrole nitrogens is 1. The fourth-order valence-electron chi connectivity index (χ4n) is 3.80. The largest absolute Gasteiger partial charge is 0.325 e. The topological polar surface area (TPSA) is 66.0 Å². The summed E-state index contributed by atoms with van der Waals surface area (Å²) in [5, 5.41) is 10.6. The third-order valence-corrected chi connectivity index (χ3v) is 6.25. The van der Waals surface area contributed by atoms with Crippen molar-refractivity contribution in [2.24, 2.45) is 5.92 Å². The molecule has 3 aromatic rings. The van der Waals surface area contributed by atoms with E-state index in [1.807, 2.05) is 24.3 Å². The van der Waals surface area contributed by atoms with Crippen molar-refractivity contribution in [1.29, 1.82) is 0 Å². The molecule has 1 fully saturated rings. The van der Waals surface area contributed by atoms with Gasteiger partial charge in [-0.25, -0.2) is 0 Å². The number of benzene rings is 2. The summed E-state index contributed by atoms with van der Waals surface area (Å²) in [5.41, 5.74) is 2.86. The highest BCUT2D eigenvalue weighted by Crippen LogP contribution is 2.21. The summed E-state index contributed by atoms with van der Waals surface area (Å²) in [6.45, 7) is 5.66. The van der Waals surface area contributed by atoms with Crippen LogP contribution < -0.4 is 5.32 Å². The Morgan fingerprint density at radius 3 is 2.52 bits per heavy atom. The SMILES string of the molecule is CC1CCN(Cc2ccc(NC(=O)Cn3c(-c4ccc(Cl)cc4)n[nH]c3=S)cc2)CC1. The predicted octanol–water partition coefficient (Wildman–Crippen LogP) is 5.13. The molecule has 1 amide bonds. The van der Waals surface area contributed by atoms with E-state index in [9.17, 15) is 4.79 Å². The van der Waals surface area contributed by atoms with Crippen molar-refractivity contribution in [2.75, 3.05) is 18.4 Å². The molecule has 1 aliphatic heterocycles. The zero-order valence-electron chi connectivity index (χ0n) is 17.5. The molecule has 0 aliphatic carbocycles. The first-order valence-electron chi connectivity index (χ1n) is 10.5. The van der Waals surface area contributed by atoms with Gasteiger partial charge in [-0.15, -0.1) is 0 Å². The fraction of sp³-hybridized carbons (Fsp3) is 0.348. The molecule has 0 saturated carbocycles. The highest BCUT2D eigenvalue weighted by molar-refractivity contribution is 7.71. The van der Waals surface area contributed by atoms with Crippen LogP contribution in [-0.2, 0) is 17.9 Å². The van der Waals surface area contributed by atoms with Gasteiger partial charge in [0, 0.05) is 22.8 Å². The normalized spacial score (nSPS) is 15.2. The van der Waals surface area contributed by atoms with Crippen molar-refractivity contribution < 1.29 is 4.79 Å². The van der Waals surface area contributed by atoms with Crippen molar-refractivity contribution in [3.05, 3.63) is 63.9 Å². The predicted molar refractivity (Wildman–Crippen MR) is 127 cm³/mol. The van der Waals surface area contributed by atoms with Crippen molar-refractivity contribution in [1.82, 2.24) is 19.7 Å². The highest BCUT2D eigenvalue weighted by Gasteiger charge is 2.16. The zero-order chi connectivity index (χ0) is 21.8. The number of aromatic nitrogens is 3. The van der Waals surface area contributed by atoms with Crippen molar-refractivity contribution in [3.63, 3.8) is 0 Å². The van der Waals surface area contributed by atoms with Crippen LogP contribution in [0.5, 0.6) is 0 Å². The first-order valence-corrected chi connectivity index (χ1v) is 11.3. The van der Waals surface area contributed by atoms with Crippen LogP contribution in [0.4, 0.5) is 5.69 Å². The first-order chi connectivity index (χ1) is 15.0. The molecular formula is C23H26ClN5OS. The number of carbonyl (C=O) groups excluding carboxylic acids is 1. The molecule has 6 nitrogen and oxygen atoms in total. The molecule has 31 heavy (non-hydrogen) atoms. The molecule has 4 rings (SSSR count). The molecule has 2 aromatic carbocycles. The summed E-state index contributed by atoms with van der Waals surface area (Å²) in [4.78, 5) is 15.1. The Bertz CT molecular complexity index is 1080. The molecular weight excluding hydrogens is 430 g/mol. The Labute approximate surface area is 192 Å². The quantitative estimate of drug-likeness (QED) is 0.505. The van der Waals surface area contributed by atoms with Gasteiger partial charge in [0.25, 0.3) is 0 Å². The van der Waals surface area contributed by atoms with E-state index in [1.54, 1.807) is 16.7 Å². The van der Waals surface area contributed by atoms with Gasteiger partial charge in [0.05, 0.1) is 0 Å². The summed E-state index contributed by atoms with van der Waals surface area (Å²) in [7, 11) is 0. The summed E-state index contributed by atoms with van der Waals surface area (Å²) in [5.74, 6) is 1.27. The molecule has 0 bridgehead atoms. The number of likely N-dealkylation sites (tertiary alicyclic amines) is 1. The lowest BCUT2D eigenvalue weighted by molar-refractivity contribution is -0.116. The number of carbonyl (C=O) groups is 1. The summed E-state index contributed by atoms with van der Waals surface area (Å²) in [6.07, 6.45) is 2.53. The average Bonchev–Trinajstić information content (AvgIpc) is 3.12. The molecule has 2 N–H and O–H groups in total. The average molecular weight is 456 g/mol. The number of amides is 1. The second kappa shape index (κ2) is 9.77. The van der Waals surface area contributed by atoms with E-state index in [4.69, 9.17) is 23.8 Å². The molecule has 0 radical (unpaired) electrons. The molecule has 0 unspecified atom stereocenters. The van der Waals surface area contributed by atoms with Crippen LogP contribution in [-0.4, -0.2) is 38.7 Å². The van der Waals surface area contributed by atoms with E-state index in [0.29, 0.717) is 15.6 Å². The van der Waals surface area contributed by atoms with Gasteiger partial charge >= 0.3 is 0 Å². The standard InChI is InChI=1S/C23H26ClN5OS/c1-16-10-12-28(13-11-16)14-17-2-8-20(9-3-17)25-21(30)15-29-22(26-27-23(29)31)18-4-6-19(24)7-5-18/h2-9,16H,10-15H2,1H3,(H,25,30)(H,27,31). The van der Waals surface area contributed by atoms with Crippen LogP contribution in [0.3, 0.4) is 0 Å².